The minimum absolute atomic E-state index is 0.362. The molecule has 0 unspecified atom stereocenters. The van der Waals surface area contributed by atoms with E-state index in [9.17, 15) is 0 Å². The maximum absolute atomic E-state index is 8.82. The van der Waals surface area contributed by atoms with Gasteiger partial charge in [-0.3, -0.25) is 0 Å². The molecule has 0 aliphatic carbocycles. The van der Waals surface area contributed by atoms with Crippen LogP contribution in [0.15, 0.2) is 42.5 Å². The summed E-state index contributed by atoms with van der Waals surface area (Å²) in [6.45, 7) is 1.85. The van der Waals surface area contributed by atoms with E-state index in [1.165, 1.54) is 11.1 Å². The third-order valence-corrected chi connectivity index (χ3v) is 3.60. The fourth-order valence-electron chi connectivity index (χ4n) is 2.54. The van der Waals surface area contributed by atoms with Gasteiger partial charge < -0.3 is 10.6 Å². The lowest BCUT2D eigenvalue weighted by atomic mass is 10.1. The monoisotopic (exact) mass is 249 g/mol. The molecule has 19 heavy (non-hydrogen) atoms. The highest BCUT2D eigenvalue weighted by Crippen LogP contribution is 2.30. The van der Waals surface area contributed by atoms with Gasteiger partial charge in [-0.25, -0.2) is 0 Å². The first-order chi connectivity index (χ1) is 9.28. The van der Waals surface area contributed by atoms with Crippen LogP contribution in [0.1, 0.15) is 16.7 Å². The Bertz CT molecular complexity index is 630. The van der Waals surface area contributed by atoms with Crippen LogP contribution in [0.25, 0.3) is 0 Å². The van der Waals surface area contributed by atoms with Gasteiger partial charge in [-0.1, -0.05) is 24.3 Å². The third kappa shape index (κ3) is 2.13. The lowest BCUT2D eigenvalue weighted by Crippen LogP contribution is -2.14. The van der Waals surface area contributed by atoms with Crippen LogP contribution in [0, 0.1) is 11.3 Å². The molecule has 0 aromatic heterocycles. The van der Waals surface area contributed by atoms with Crippen molar-refractivity contribution in [1.29, 1.82) is 5.26 Å². The van der Waals surface area contributed by atoms with Gasteiger partial charge in [0.2, 0.25) is 0 Å². The smallest absolute Gasteiger partial charge is 0.0670 e. The van der Waals surface area contributed by atoms with E-state index in [1.54, 1.807) is 0 Å². The van der Waals surface area contributed by atoms with Gasteiger partial charge in [-0.2, -0.15) is 5.26 Å². The Labute approximate surface area is 112 Å². The Balaban J connectivity index is 1.89. The quantitative estimate of drug-likeness (QED) is 0.833. The second kappa shape index (κ2) is 4.66. The number of hydrogen-bond acceptors (Lipinski definition) is 3. The van der Waals surface area contributed by atoms with Crippen LogP contribution >= 0.6 is 0 Å². The number of nitriles is 1. The Morgan fingerprint density at radius 1 is 1.11 bits per heavy atom. The van der Waals surface area contributed by atoms with Gasteiger partial charge in [0.15, 0.2) is 0 Å². The summed E-state index contributed by atoms with van der Waals surface area (Å²) >= 11 is 0. The van der Waals surface area contributed by atoms with Crippen LogP contribution in [0.4, 0.5) is 11.4 Å². The molecule has 0 radical (unpaired) electrons. The molecule has 2 aromatic carbocycles. The molecular weight excluding hydrogens is 234 g/mol. The molecule has 0 saturated carbocycles. The molecule has 94 valence electrons. The number of benzene rings is 2. The van der Waals surface area contributed by atoms with Crippen LogP contribution in [0.2, 0.25) is 0 Å². The largest absolute Gasteiger partial charge is 0.398 e. The van der Waals surface area contributed by atoms with E-state index in [0.717, 1.165) is 24.3 Å². The predicted molar refractivity (Wildman–Crippen MR) is 76.5 cm³/mol. The van der Waals surface area contributed by atoms with E-state index in [0.29, 0.717) is 12.1 Å². The number of hydrogen-bond donors (Lipinski definition) is 1. The average Bonchev–Trinajstić information content (AvgIpc) is 2.85. The summed E-state index contributed by atoms with van der Waals surface area (Å²) in [6, 6.07) is 16.6. The molecule has 3 rings (SSSR count). The van der Waals surface area contributed by atoms with Crippen LogP contribution in [-0.4, -0.2) is 0 Å². The van der Waals surface area contributed by atoms with Gasteiger partial charge in [-0.15, -0.1) is 0 Å². The van der Waals surface area contributed by atoms with E-state index in [2.05, 4.69) is 35.2 Å². The number of fused-ring (bicyclic) bond motifs is 1. The third-order valence-electron chi connectivity index (χ3n) is 3.60. The zero-order chi connectivity index (χ0) is 13.2. The summed E-state index contributed by atoms with van der Waals surface area (Å²) < 4.78 is 0. The topological polar surface area (TPSA) is 53.0 Å². The first-order valence-electron chi connectivity index (χ1n) is 6.35. The number of rotatable bonds is 2. The highest BCUT2D eigenvalue weighted by atomic mass is 15.1. The van der Waals surface area contributed by atoms with Gasteiger partial charge in [0.05, 0.1) is 12.5 Å². The molecule has 1 aliphatic heterocycles. The molecule has 1 aliphatic rings. The van der Waals surface area contributed by atoms with Crippen molar-refractivity contribution in [2.45, 2.75) is 19.5 Å². The molecular formula is C16H15N3. The average molecular weight is 249 g/mol. The fourth-order valence-corrected chi connectivity index (χ4v) is 2.54. The van der Waals surface area contributed by atoms with E-state index in [4.69, 9.17) is 11.0 Å². The highest BCUT2D eigenvalue weighted by Gasteiger charge is 2.18. The molecule has 2 aromatic rings. The SMILES string of the molecule is N#CCc1cc(N2Cc3ccccc3C2)ccc1N. The molecule has 0 atom stereocenters. The molecule has 0 fully saturated rings. The normalized spacial score (nSPS) is 13.1. The summed E-state index contributed by atoms with van der Waals surface area (Å²) in [5, 5.41) is 8.82. The molecule has 0 bridgehead atoms. The molecule has 0 saturated heterocycles. The van der Waals surface area contributed by atoms with E-state index >= 15 is 0 Å². The Kier molecular flexibility index (Phi) is 2.85. The number of nitrogens with zero attached hydrogens (tertiary/aromatic N) is 2. The van der Waals surface area contributed by atoms with Crippen LogP contribution < -0.4 is 10.6 Å². The van der Waals surface area contributed by atoms with Crippen molar-refractivity contribution >= 4 is 11.4 Å². The van der Waals surface area contributed by atoms with Gasteiger partial charge in [0, 0.05) is 24.5 Å². The summed E-state index contributed by atoms with van der Waals surface area (Å²) in [6.07, 6.45) is 0.362. The maximum Gasteiger partial charge on any atom is 0.0670 e. The maximum atomic E-state index is 8.82. The molecule has 3 heteroatoms. The van der Waals surface area contributed by atoms with Crippen molar-refractivity contribution in [3.63, 3.8) is 0 Å². The van der Waals surface area contributed by atoms with Crippen LogP contribution in [0.3, 0.4) is 0 Å². The van der Waals surface area contributed by atoms with Crippen molar-refractivity contribution < 1.29 is 0 Å². The minimum atomic E-state index is 0.362. The first-order valence-corrected chi connectivity index (χ1v) is 6.35. The lowest BCUT2D eigenvalue weighted by molar-refractivity contribution is 0.879. The summed E-state index contributed by atoms with van der Waals surface area (Å²) in [5.41, 5.74) is 11.4. The Morgan fingerprint density at radius 2 is 1.79 bits per heavy atom. The summed E-state index contributed by atoms with van der Waals surface area (Å²) in [4.78, 5) is 2.31. The molecule has 2 N–H and O–H groups in total. The van der Waals surface area contributed by atoms with Crippen molar-refractivity contribution in [1.82, 2.24) is 0 Å². The van der Waals surface area contributed by atoms with E-state index < -0.39 is 0 Å². The summed E-state index contributed by atoms with van der Waals surface area (Å²) in [7, 11) is 0. The minimum Gasteiger partial charge on any atom is -0.398 e. The van der Waals surface area contributed by atoms with Crippen molar-refractivity contribution in [3.8, 4) is 6.07 Å². The van der Waals surface area contributed by atoms with E-state index in [1.807, 2.05) is 18.2 Å². The Morgan fingerprint density at radius 3 is 2.42 bits per heavy atom. The van der Waals surface area contributed by atoms with Crippen LogP contribution in [-0.2, 0) is 19.5 Å². The number of nitrogen functional groups attached to an aromatic ring is 1. The second-order valence-electron chi connectivity index (χ2n) is 4.84. The van der Waals surface area contributed by atoms with Gasteiger partial charge in [0.25, 0.3) is 0 Å². The molecule has 0 spiro atoms. The van der Waals surface area contributed by atoms with Crippen LogP contribution in [0.5, 0.6) is 0 Å². The fraction of sp³-hybridized carbons (Fsp3) is 0.188. The Hall–Kier alpha value is -2.47. The zero-order valence-electron chi connectivity index (χ0n) is 10.6. The first kappa shape index (κ1) is 11.6. The highest BCUT2D eigenvalue weighted by molar-refractivity contribution is 5.60. The predicted octanol–water partition coefficient (Wildman–Crippen LogP) is 2.86. The zero-order valence-corrected chi connectivity index (χ0v) is 10.6. The van der Waals surface area contributed by atoms with Gasteiger partial charge in [0.1, 0.15) is 0 Å². The summed E-state index contributed by atoms with van der Waals surface area (Å²) in [5.74, 6) is 0. The lowest BCUT2D eigenvalue weighted by Gasteiger charge is -2.19. The van der Waals surface area contributed by atoms with E-state index in [-0.39, 0.29) is 0 Å². The molecule has 3 nitrogen and oxygen atoms in total. The number of anilines is 2. The number of nitrogens with two attached hydrogens (primary N) is 1. The molecule has 1 heterocycles. The standard InChI is InChI=1S/C16H15N3/c17-8-7-12-9-15(5-6-16(12)18)19-10-13-3-1-2-4-14(13)11-19/h1-6,9H,7,10-11,18H2. The van der Waals surface area contributed by atoms with Crippen molar-refractivity contribution in [2.24, 2.45) is 0 Å². The van der Waals surface area contributed by atoms with Gasteiger partial charge >= 0.3 is 0 Å². The van der Waals surface area contributed by atoms with Gasteiger partial charge in [-0.05, 0) is 34.9 Å². The van der Waals surface area contributed by atoms with Crippen molar-refractivity contribution in [2.75, 3.05) is 10.6 Å². The van der Waals surface area contributed by atoms with Crippen molar-refractivity contribution in [3.05, 3.63) is 59.2 Å². The second-order valence-corrected chi connectivity index (χ2v) is 4.84. The molecule has 0 amide bonds.